The molecule has 0 aliphatic rings. The minimum Gasteiger partial charge on any atom is -0.399 e. The lowest BCUT2D eigenvalue weighted by atomic mass is 10.2. The first-order valence-electron chi connectivity index (χ1n) is 6.38. The highest BCUT2D eigenvalue weighted by atomic mass is 32.1. The van der Waals surface area contributed by atoms with Gasteiger partial charge in [0.05, 0.1) is 0 Å². The van der Waals surface area contributed by atoms with E-state index >= 15 is 0 Å². The van der Waals surface area contributed by atoms with Crippen LogP contribution in [0.5, 0.6) is 0 Å². The number of anilines is 1. The number of halogens is 6. The first kappa shape index (κ1) is 17.6. The third kappa shape index (κ3) is 3.74. The van der Waals surface area contributed by atoms with Crippen LogP contribution in [-0.4, -0.2) is 15.0 Å². The lowest BCUT2D eigenvalue weighted by Crippen LogP contribution is -2.05. The Balaban J connectivity index is 2.01. The van der Waals surface area contributed by atoms with Crippen molar-refractivity contribution in [3.8, 4) is 21.4 Å². The van der Waals surface area contributed by atoms with E-state index in [9.17, 15) is 26.3 Å². The fourth-order valence-corrected chi connectivity index (χ4v) is 3.39. The minimum absolute atomic E-state index is 0.0271. The van der Waals surface area contributed by atoms with Gasteiger partial charge in [-0.25, -0.2) is 15.0 Å². The number of nitrogens with zero attached hydrogens (tertiary/aromatic N) is 3. The number of alkyl halides is 6. The van der Waals surface area contributed by atoms with Crippen LogP contribution in [-0.2, 0) is 12.4 Å². The van der Waals surface area contributed by atoms with Crippen LogP contribution >= 0.6 is 22.7 Å². The van der Waals surface area contributed by atoms with E-state index in [-0.39, 0.29) is 27.1 Å². The predicted molar refractivity (Wildman–Crippen MR) is 80.9 cm³/mol. The van der Waals surface area contributed by atoms with Crippen molar-refractivity contribution in [1.29, 1.82) is 0 Å². The third-order valence-electron chi connectivity index (χ3n) is 2.88. The van der Waals surface area contributed by atoms with Gasteiger partial charge in [-0.05, 0) is 12.1 Å². The maximum absolute atomic E-state index is 12.6. The largest absolute Gasteiger partial charge is 0.434 e. The maximum atomic E-state index is 12.6. The molecule has 132 valence electrons. The van der Waals surface area contributed by atoms with Gasteiger partial charge >= 0.3 is 12.4 Å². The normalized spacial score (nSPS) is 12.6. The highest BCUT2D eigenvalue weighted by Crippen LogP contribution is 2.36. The number of rotatable bonds is 2. The van der Waals surface area contributed by atoms with E-state index in [1.807, 2.05) is 0 Å². The fourth-order valence-electron chi connectivity index (χ4n) is 1.81. The number of pyridine rings is 1. The molecule has 0 aliphatic carbocycles. The quantitative estimate of drug-likeness (QED) is 0.623. The molecule has 0 amide bonds. The Morgan fingerprint density at radius 3 is 1.44 bits per heavy atom. The van der Waals surface area contributed by atoms with Gasteiger partial charge in [0.2, 0.25) is 0 Å². The van der Waals surface area contributed by atoms with Gasteiger partial charge in [-0.3, -0.25) is 0 Å². The van der Waals surface area contributed by atoms with Crippen molar-refractivity contribution in [1.82, 2.24) is 15.0 Å². The summed E-state index contributed by atoms with van der Waals surface area (Å²) in [7, 11) is 0. The standard InChI is InChI=1S/C13H6F6N4S2/c14-12(15,16)8-3-24-10(22-8)6-1-5(20)2-7(21-6)11-23-9(4-25-11)13(17,18)19/h1-4H,(H2,20,21). The van der Waals surface area contributed by atoms with E-state index in [1.54, 1.807) is 0 Å². The Morgan fingerprint density at radius 1 is 0.720 bits per heavy atom. The van der Waals surface area contributed by atoms with E-state index in [0.717, 1.165) is 10.8 Å². The van der Waals surface area contributed by atoms with E-state index in [4.69, 9.17) is 5.73 Å². The van der Waals surface area contributed by atoms with E-state index in [1.165, 1.54) is 12.1 Å². The molecular weight excluding hydrogens is 390 g/mol. The molecule has 0 saturated carbocycles. The molecule has 0 aromatic carbocycles. The second kappa shape index (κ2) is 5.95. The second-order valence-corrected chi connectivity index (χ2v) is 6.46. The van der Waals surface area contributed by atoms with Crippen molar-refractivity contribution in [3.63, 3.8) is 0 Å². The average Bonchev–Trinajstić information content (AvgIpc) is 3.15. The molecule has 0 aliphatic heterocycles. The molecule has 0 bridgehead atoms. The fraction of sp³-hybridized carbons (Fsp3) is 0.154. The highest BCUT2D eigenvalue weighted by Gasteiger charge is 2.35. The number of nitrogens with two attached hydrogens (primary N) is 1. The molecule has 3 rings (SSSR count). The smallest absolute Gasteiger partial charge is 0.399 e. The van der Waals surface area contributed by atoms with Gasteiger partial charge in [0, 0.05) is 16.4 Å². The Bertz CT molecular complexity index is 841. The summed E-state index contributed by atoms with van der Waals surface area (Å²) < 4.78 is 75.8. The van der Waals surface area contributed by atoms with Crippen LogP contribution < -0.4 is 5.73 Å². The number of hydrogen-bond donors (Lipinski definition) is 1. The molecule has 3 aromatic heterocycles. The van der Waals surface area contributed by atoms with Gasteiger partial charge in [0.15, 0.2) is 11.4 Å². The van der Waals surface area contributed by atoms with Crippen LogP contribution in [0.4, 0.5) is 32.0 Å². The molecule has 3 heterocycles. The molecule has 0 saturated heterocycles. The summed E-state index contributed by atoms with van der Waals surface area (Å²) in [4.78, 5) is 10.9. The minimum atomic E-state index is -4.60. The first-order chi connectivity index (χ1) is 11.5. The Hall–Kier alpha value is -2.21. The van der Waals surface area contributed by atoms with E-state index in [0.29, 0.717) is 22.7 Å². The number of aromatic nitrogens is 3. The summed E-state index contributed by atoms with van der Waals surface area (Å²) in [5.74, 6) is 0. The van der Waals surface area contributed by atoms with Crippen molar-refractivity contribution < 1.29 is 26.3 Å². The summed E-state index contributed by atoms with van der Waals surface area (Å²) in [6.07, 6.45) is -9.20. The van der Waals surface area contributed by atoms with Crippen molar-refractivity contribution in [2.75, 3.05) is 5.73 Å². The van der Waals surface area contributed by atoms with E-state index in [2.05, 4.69) is 15.0 Å². The van der Waals surface area contributed by atoms with Crippen LogP contribution in [0.1, 0.15) is 11.4 Å². The molecule has 25 heavy (non-hydrogen) atoms. The van der Waals surface area contributed by atoms with Gasteiger partial charge in [-0.1, -0.05) is 0 Å². The topological polar surface area (TPSA) is 64.7 Å². The maximum Gasteiger partial charge on any atom is 0.434 e. The highest BCUT2D eigenvalue weighted by molar-refractivity contribution is 7.13. The zero-order chi connectivity index (χ0) is 18.4. The number of nitrogen functional groups attached to an aromatic ring is 1. The van der Waals surface area contributed by atoms with Crippen LogP contribution in [0.3, 0.4) is 0 Å². The van der Waals surface area contributed by atoms with Crippen molar-refractivity contribution >= 4 is 28.4 Å². The number of thiazole rings is 2. The average molecular weight is 396 g/mol. The third-order valence-corrected chi connectivity index (χ3v) is 4.60. The molecule has 0 fully saturated rings. The Labute approximate surface area is 144 Å². The summed E-state index contributed by atoms with van der Waals surface area (Å²) in [5, 5.41) is 1.55. The monoisotopic (exact) mass is 396 g/mol. The van der Waals surface area contributed by atoms with Crippen LogP contribution in [0.25, 0.3) is 21.4 Å². The Morgan fingerprint density at radius 2 is 1.12 bits per heavy atom. The first-order valence-corrected chi connectivity index (χ1v) is 8.14. The second-order valence-electron chi connectivity index (χ2n) is 4.74. The zero-order valence-electron chi connectivity index (χ0n) is 11.8. The SMILES string of the molecule is Nc1cc(-c2nc(C(F)(F)F)cs2)nc(-c2nc(C(F)(F)F)cs2)c1. The van der Waals surface area contributed by atoms with Gasteiger partial charge in [0.1, 0.15) is 21.4 Å². The lowest BCUT2D eigenvalue weighted by Gasteiger charge is -2.04. The van der Waals surface area contributed by atoms with Gasteiger partial charge < -0.3 is 5.73 Å². The molecule has 12 heteroatoms. The molecular formula is C13H6F6N4S2. The molecule has 0 spiro atoms. The zero-order valence-corrected chi connectivity index (χ0v) is 13.4. The summed E-state index contributed by atoms with van der Waals surface area (Å²) >= 11 is 1.41. The molecule has 0 unspecified atom stereocenters. The van der Waals surface area contributed by atoms with Gasteiger partial charge in [0.25, 0.3) is 0 Å². The lowest BCUT2D eigenvalue weighted by molar-refractivity contribution is -0.141. The summed E-state index contributed by atoms with van der Waals surface area (Å²) in [6, 6.07) is 2.58. The van der Waals surface area contributed by atoms with Crippen LogP contribution in [0.15, 0.2) is 22.9 Å². The summed E-state index contributed by atoms with van der Waals surface area (Å²) in [6.45, 7) is 0. The van der Waals surface area contributed by atoms with Crippen molar-refractivity contribution in [3.05, 3.63) is 34.3 Å². The van der Waals surface area contributed by atoms with Crippen molar-refractivity contribution in [2.24, 2.45) is 0 Å². The molecule has 2 N–H and O–H groups in total. The van der Waals surface area contributed by atoms with Crippen LogP contribution in [0, 0.1) is 0 Å². The Kier molecular flexibility index (Phi) is 4.19. The number of hydrogen-bond acceptors (Lipinski definition) is 6. The molecule has 0 radical (unpaired) electrons. The van der Waals surface area contributed by atoms with Crippen LogP contribution in [0.2, 0.25) is 0 Å². The van der Waals surface area contributed by atoms with Gasteiger partial charge in [-0.15, -0.1) is 22.7 Å². The molecule has 0 atom stereocenters. The van der Waals surface area contributed by atoms with Gasteiger partial charge in [-0.2, -0.15) is 26.3 Å². The summed E-state index contributed by atoms with van der Waals surface area (Å²) in [5.41, 5.74) is 3.71. The van der Waals surface area contributed by atoms with Crippen molar-refractivity contribution in [2.45, 2.75) is 12.4 Å². The molecule has 3 aromatic rings. The van der Waals surface area contributed by atoms with E-state index < -0.39 is 23.7 Å². The predicted octanol–water partition coefficient (Wildman–Crippen LogP) is 4.95. The molecule has 4 nitrogen and oxygen atoms in total.